The minimum absolute atomic E-state index is 0.155. The average molecular weight is 420 g/mol. The number of fused-ring (bicyclic) bond motifs is 1. The molecule has 1 aromatic carbocycles. The van der Waals surface area contributed by atoms with Crippen LogP contribution in [0.25, 0.3) is 10.2 Å². The maximum atomic E-state index is 12.8. The summed E-state index contributed by atoms with van der Waals surface area (Å²) in [7, 11) is 0. The Labute approximate surface area is 177 Å². The van der Waals surface area contributed by atoms with Crippen molar-refractivity contribution in [3.05, 3.63) is 75.9 Å². The number of carbonyl (C=O) groups excluding carboxylic acids is 2. The summed E-state index contributed by atoms with van der Waals surface area (Å²) in [4.78, 5) is 35.2. The smallest absolute Gasteiger partial charge is 0.291 e. The van der Waals surface area contributed by atoms with Crippen LogP contribution in [0.4, 0.5) is 5.69 Å². The van der Waals surface area contributed by atoms with Crippen molar-refractivity contribution in [1.82, 2.24) is 15.3 Å². The number of furan rings is 1. The molecule has 0 aliphatic rings. The van der Waals surface area contributed by atoms with Crippen LogP contribution in [-0.4, -0.2) is 21.8 Å². The molecule has 3 heterocycles. The molecule has 152 valence electrons. The molecular formula is C22H20N4O3S. The molecule has 0 unspecified atom stereocenters. The summed E-state index contributed by atoms with van der Waals surface area (Å²) < 4.78 is 5.10. The van der Waals surface area contributed by atoms with Crippen molar-refractivity contribution in [1.29, 1.82) is 0 Å². The van der Waals surface area contributed by atoms with E-state index in [0.717, 1.165) is 27.0 Å². The van der Waals surface area contributed by atoms with Gasteiger partial charge in [-0.15, -0.1) is 11.3 Å². The van der Waals surface area contributed by atoms with Crippen LogP contribution in [0.2, 0.25) is 0 Å². The van der Waals surface area contributed by atoms with E-state index < -0.39 is 0 Å². The maximum absolute atomic E-state index is 12.8. The summed E-state index contributed by atoms with van der Waals surface area (Å²) in [5, 5.41) is 6.68. The van der Waals surface area contributed by atoms with E-state index in [0.29, 0.717) is 22.9 Å². The average Bonchev–Trinajstić information content (AvgIpc) is 3.35. The van der Waals surface area contributed by atoms with Crippen molar-refractivity contribution >= 4 is 39.1 Å². The van der Waals surface area contributed by atoms with Gasteiger partial charge in [0, 0.05) is 23.3 Å². The Bertz CT molecular complexity index is 1240. The highest BCUT2D eigenvalue weighted by Crippen LogP contribution is 2.31. The van der Waals surface area contributed by atoms with Gasteiger partial charge in [0.25, 0.3) is 11.8 Å². The first-order valence-electron chi connectivity index (χ1n) is 9.38. The standard InChI is InChI=1S/C22H20N4O3S/c1-12-18-13(2)24-14(3)25-22(18)30-19(12)21(28)23-11-15-6-4-7-16(10-15)26-20(27)17-8-5-9-29-17/h4-10H,11H2,1-3H3,(H,23,28)(H,26,27). The molecule has 0 saturated carbocycles. The molecule has 2 N–H and O–H groups in total. The van der Waals surface area contributed by atoms with Crippen molar-refractivity contribution in [3.63, 3.8) is 0 Å². The topological polar surface area (TPSA) is 97.1 Å². The summed E-state index contributed by atoms with van der Waals surface area (Å²) in [5.74, 6) is 0.454. The first-order chi connectivity index (χ1) is 14.4. The number of rotatable bonds is 5. The quantitative estimate of drug-likeness (QED) is 0.499. The van der Waals surface area contributed by atoms with Gasteiger partial charge in [0.1, 0.15) is 10.7 Å². The van der Waals surface area contributed by atoms with E-state index in [-0.39, 0.29) is 17.6 Å². The molecule has 0 spiro atoms. The third kappa shape index (κ3) is 3.95. The van der Waals surface area contributed by atoms with Gasteiger partial charge in [-0.2, -0.15) is 0 Å². The predicted octanol–water partition coefficient (Wildman–Crippen LogP) is 4.39. The fourth-order valence-electron chi connectivity index (χ4n) is 3.31. The molecule has 2 amide bonds. The second-order valence-electron chi connectivity index (χ2n) is 6.91. The second-order valence-corrected chi connectivity index (χ2v) is 7.91. The molecule has 0 saturated heterocycles. The van der Waals surface area contributed by atoms with Gasteiger partial charge in [0.15, 0.2) is 5.76 Å². The fourth-order valence-corrected chi connectivity index (χ4v) is 4.51. The van der Waals surface area contributed by atoms with E-state index in [1.807, 2.05) is 39.0 Å². The number of hydrogen-bond acceptors (Lipinski definition) is 6. The van der Waals surface area contributed by atoms with Crippen LogP contribution in [0.1, 0.15) is 42.9 Å². The summed E-state index contributed by atoms with van der Waals surface area (Å²) in [6, 6.07) is 10.6. The van der Waals surface area contributed by atoms with Gasteiger partial charge in [0.05, 0.1) is 11.1 Å². The monoisotopic (exact) mass is 420 g/mol. The van der Waals surface area contributed by atoms with Crippen LogP contribution < -0.4 is 10.6 Å². The summed E-state index contributed by atoms with van der Waals surface area (Å²) in [6.07, 6.45) is 1.45. The van der Waals surface area contributed by atoms with Crippen molar-refractivity contribution < 1.29 is 14.0 Å². The molecule has 30 heavy (non-hydrogen) atoms. The largest absolute Gasteiger partial charge is 0.459 e. The normalized spacial score (nSPS) is 10.9. The summed E-state index contributed by atoms with van der Waals surface area (Å²) in [6.45, 7) is 6.03. The van der Waals surface area contributed by atoms with Crippen LogP contribution in [0.5, 0.6) is 0 Å². The predicted molar refractivity (Wildman–Crippen MR) is 116 cm³/mol. The molecule has 0 radical (unpaired) electrons. The number of anilines is 1. The van der Waals surface area contributed by atoms with Crippen LogP contribution in [0.3, 0.4) is 0 Å². The zero-order chi connectivity index (χ0) is 21.3. The van der Waals surface area contributed by atoms with E-state index in [1.54, 1.807) is 18.2 Å². The maximum Gasteiger partial charge on any atom is 0.291 e. The highest BCUT2D eigenvalue weighted by Gasteiger charge is 2.18. The lowest BCUT2D eigenvalue weighted by Gasteiger charge is -2.08. The highest BCUT2D eigenvalue weighted by molar-refractivity contribution is 7.20. The van der Waals surface area contributed by atoms with Crippen LogP contribution in [0, 0.1) is 20.8 Å². The number of hydrogen-bond donors (Lipinski definition) is 2. The van der Waals surface area contributed by atoms with Gasteiger partial charge in [-0.1, -0.05) is 12.1 Å². The molecule has 4 rings (SSSR count). The Morgan fingerprint density at radius 1 is 1.07 bits per heavy atom. The minimum Gasteiger partial charge on any atom is -0.459 e. The SMILES string of the molecule is Cc1nc(C)c2c(C)c(C(=O)NCc3cccc(NC(=O)c4ccco4)c3)sc2n1. The van der Waals surface area contributed by atoms with Gasteiger partial charge >= 0.3 is 0 Å². The van der Waals surface area contributed by atoms with Gasteiger partial charge in [-0.25, -0.2) is 9.97 Å². The zero-order valence-electron chi connectivity index (χ0n) is 16.8. The van der Waals surface area contributed by atoms with Gasteiger partial charge in [0.2, 0.25) is 0 Å². The van der Waals surface area contributed by atoms with Gasteiger partial charge in [-0.3, -0.25) is 9.59 Å². The Hall–Kier alpha value is -3.52. The molecule has 7 nitrogen and oxygen atoms in total. The first kappa shape index (κ1) is 19.8. The van der Waals surface area contributed by atoms with E-state index in [1.165, 1.54) is 17.6 Å². The number of amides is 2. The molecule has 8 heteroatoms. The lowest BCUT2D eigenvalue weighted by Crippen LogP contribution is -2.22. The second kappa shape index (κ2) is 8.08. The minimum atomic E-state index is -0.325. The third-order valence-electron chi connectivity index (χ3n) is 4.67. The van der Waals surface area contributed by atoms with Gasteiger partial charge < -0.3 is 15.1 Å². The Balaban J connectivity index is 1.47. The number of aryl methyl sites for hydroxylation is 3. The molecule has 4 aromatic rings. The zero-order valence-corrected chi connectivity index (χ0v) is 17.6. The number of carbonyl (C=O) groups is 2. The van der Waals surface area contributed by atoms with Crippen molar-refractivity contribution in [2.75, 3.05) is 5.32 Å². The summed E-state index contributed by atoms with van der Waals surface area (Å²) in [5.41, 5.74) is 3.27. The molecular weight excluding hydrogens is 400 g/mol. The number of nitrogens with zero attached hydrogens (tertiary/aromatic N) is 2. The molecule has 0 fully saturated rings. The van der Waals surface area contributed by atoms with Crippen molar-refractivity contribution in [2.24, 2.45) is 0 Å². The first-order valence-corrected chi connectivity index (χ1v) is 10.2. The lowest BCUT2D eigenvalue weighted by molar-refractivity contribution is 0.0953. The summed E-state index contributed by atoms with van der Waals surface area (Å²) >= 11 is 1.37. The Morgan fingerprint density at radius 3 is 2.67 bits per heavy atom. The van der Waals surface area contributed by atoms with Gasteiger partial charge in [-0.05, 0) is 56.2 Å². The fraction of sp³-hybridized carbons (Fsp3) is 0.182. The van der Waals surface area contributed by atoms with Crippen LogP contribution in [0.15, 0.2) is 47.1 Å². The molecule has 0 bridgehead atoms. The van der Waals surface area contributed by atoms with E-state index in [2.05, 4.69) is 20.6 Å². The molecule has 0 atom stereocenters. The van der Waals surface area contributed by atoms with E-state index >= 15 is 0 Å². The number of thiophene rings is 1. The highest BCUT2D eigenvalue weighted by atomic mass is 32.1. The number of benzene rings is 1. The van der Waals surface area contributed by atoms with Crippen LogP contribution >= 0.6 is 11.3 Å². The third-order valence-corrected chi connectivity index (χ3v) is 5.86. The molecule has 0 aliphatic heterocycles. The number of aromatic nitrogens is 2. The van der Waals surface area contributed by atoms with Crippen LogP contribution in [-0.2, 0) is 6.54 Å². The Kier molecular flexibility index (Phi) is 5.33. The number of nitrogens with one attached hydrogen (secondary N) is 2. The van der Waals surface area contributed by atoms with Crippen molar-refractivity contribution in [3.8, 4) is 0 Å². The van der Waals surface area contributed by atoms with Crippen molar-refractivity contribution in [2.45, 2.75) is 27.3 Å². The van der Waals surface area contributed by atoms with E-state index in [4.69, 9.17) is 4.42 Å². The molecule has 0 aliphatic carbocycles. The molecule has 3 aromatic heterocycles. The van der Waals surface area contributed by atoms with E-state index in [9.17, 15) is 9.59 Å². The lowest BCUT2D eigenvalue weighted by atomic mass is 10.1. The Morgan fingerprint density at radius 2 is 1.90 bits per heavy atom.